The third-order valence-electron chi connectivity index (χ3n) is 2.77. The molecule has 2 rings (SSSR count). The first-order valence-electron chi connectivity index (χ1n) is 6.03. The van der Waals surface area contributed by atoms with E-state index >= 15 is 0 Å². The number of aryl methyl sites for hydroxylation is 1. The van der Waals surface area contributed by atoms with Crippen LogP contribution in [0.1, 0.15) is 18.4 Å². The van der Waals surface area contributed by atoms with Crippen molar-refractivity contribution in [3.8, 4) is 11.5 Å². The highest BCUT2D eigenvalue weighted by atomic mass is 16.6. The molecule has 98 valence electrons. The Balaban J connectivity index is 1.97. The van der Waals surface area contributed by atoms with Gasteiger partial charge in [-0.15, -0.1) is 0 Å². The van der Waals surface area contributed by atoms with E-state index in [0.29, 0.717) is 26.2 Å². The number of hydrogen-bond acceptors (Lipinski definition) is 4. The molecular formula is C13H17NO4. The number of carboxylic acid groups (broad SMARTS) is 1. The lowest BCUT2D eigenvalue weighted by Crippen LogP contribution is -2.16. The summed E-state index contributed by atoms with van der Waals surface area (Å²) < 4.78 is 11.0. The number of rotatable bonds is 5. The zero-order chi connectivity index (χ0) is 13.0. The summed E-state index contributed by atoms with van der Waals surface area (Å²) in [5, 5.41) is 11.8. The SMILES string of the molecule is Cc1cc2c(cc1NCCCC(=O)O)OCCO2. The lowest BCUT2D eigenvalue weighted by atomic mass is 10.1. The maximum Gasteiger partial charge on any atom is 0.303 e. The number of anilines is 1. The summed E-state index contributed by atoms with van der Waals surface area (Å²) in [7, 11) is 0. The van der Waals surface area contributed by atoms with E-state index in [-0.39, 0.29) is 6.42 Å². The van der Waals surface area contributed by atoms with Crippen molar-refractivity contribution >= 4 is 11.7 Å². The molecule has 5 nitrogen and oxygen atoms in total. The first-order chi connectivity index (χ1) is 8.66. The average Bonchev–Trinajstić information content (AvgIpc) is 2.34. The molecule has 1 aliphatic heterocycles. The standard InChI is InChI=1S/C13H17NO4/c1-9-7-11-12(18-6-5-17-11)8-10(9)14-4-2-3-13(15)16/h7-8,14H,2-6H2,1H3,(H,15,16). The summed E-state index contributed by atoms with van der Waals surface area (Å²) in [6, 6.07) is 3.85. The predicted molar refractivity (Wildman–Crippen MR) is 67.5 cm³/mol. The van der Waals surface area contributed by atoms with E-state index in [1.165, 1.54) is 0 Å². The highest BCUT2D eigenvalue weighted by Gasteiger charge is 2.13. The first-order valence-corrected chi connectivity index (χ1v) is 6.03. The Kier molecular flexibility index (Phi) is 3.92. The lowest BCUT2D eigenvalue weighted by Gasteiger charge is -2.20. The fraction of sp³-hybridized carbons (Fsp3) is 0.462. The van der Waals surface area contributed by atoms with Gasteiger partial charge in [-0.3, -0.25) is 4.79 Å². The van der Waals surface area contributed by atoms with Gasteiger partial charge in [0.05, 0.1) is 0 Å². The number of ether oxygens (including phenoxy) is 2. The van der Waals surface area contributed by atoms with Crippen LogP contribution in [0.2, 0.25) is 0 Å². The monoisotopic (exact) mass is 251 g/mol. The fourth-order valence-electron chi connectivity index (χ4n) is 1.84. The van der Waals surface area contributed by atoms with Gasteiger partial charge < -0.3 is 19.9 Å². The van der Waals surface area contributed by atoms with E-state index in [0.717, 1.165) is 22.7 Å². The van der Waals surface area contributed by atoms with Crippen molar-refractivity contribution in [1.82, 2.24) is 0 Å². The molecule has 5 heteroatoms. The van der Waals surface area contributed by atoms with E-state index in [9.17, 15) is 4.79 Å². The minimum Gasteiger partial charge on any atom is -0.486 e. The van der Waals surface area contributed by atoms with E-state index in [1.54, 1.807) is 0 Å². The minimum atomic E-state index is -0.768. The van der Waals surface area contributed by atoms with Crippen molar-refractivity contribution < 1.29 is 19.4 Å². The van der Waals surface area contributed by atoms with E-state index < -0.39 is 5.97 Å². The van der Waals surface area contributed by atoms with Gasteiger partial charge in [-0.25, -0.2) is 0 Å². The van der Waals surface area contributed by atoms with Gasteiger partial charge in [-0.2, -0.15) is 0 Å². The van der Waals surface area contributed by atoms with Crippen LogP contribution in [0.5, 0.6) is 11.5 Å². The van der Waals surface area contributed by atoms with Gasteiger partial charge in [0.25, 0.3) is 0 Å². The van der Waals surface area contributed by atoms with Crippen LogP contribution in [-0.2, 0) is 4.79 Å². The second kappa shape index (κ2) is 5.62. The summed E-state index contributed by atoms with van der Waals surface area (Å²) in [4.78, 5) is 10.4. The summed E-state index contributed by atoms with van der Waals surface area (Å²) in [5.74, 6) is 0.748. The minimum absolute atomic E-state index is 0.177. The van der Waals surface area contributed by atoms with Gasteiger partial charge in [0.1, 0.15) is 13.2 Å². The van der Waals surface area contributed by atoms with Gasteiger partial charge in [0.15, 0.2) is 11.5 Å². The lowest BCUT2D eigenvalue weighted by molar-refractivity contribution is -0.137. The topological polar surface area (TPSA) is 67.8 Å². The van der Waals surface area contributed by atoms with Crippen molar-refractivity contribution in [3.05, 3.63) is 17.7 Å². The van der Waals surface area contributed by atoms with Crippen LogP contribution in [0.4, 0.5) is 5.69 Å². The summed E-state index contributed by atoms with van der Waals surface area (Å²) in [6.45, 7) is 3.76. The van der Waals surface area contributed by atoms with Gasteiger partial charge in [0.2, 0.25) is 0 Å². The molecule has 1 aromatic rings. The van der Waals surface area contributed by atoms with Gasteiger partial charge in [-0.1, -0.05) is 0 Å². The smallest absolute Gasteiger partial charge is 0.303 e. The van der Waals surface area contributed by atoms with Crippen LogP contribution in [0.3, 0.4) is 0 Å². The molecule has 1 heterocycles. The number of hydrogen-bond donors (Lipinski definition) is 2. The third kappa shape index (κ3) is 3.06. The van der Waals surface area contributed by atoms with Crippen molar-refractivity contribution in [2.75, 3.05) is 25.1 Å². The predicted octanol–water partition coefficient (Wildman–Crippen LogP) is 2.04. The second-order valence-electron chi connectivity index (χ2n) is 4.23. The number of nitrogens with one attached hydrogen (secondary N) is 1. The normalized spacial score (nSPS) is 13.2. The molecular weight excluding hydrogens is 234 g/mol. The van der Waals surface area contributed by atoms with Crippen LogP contribution < -0.4 is 14.8 Å². The Morgan fingerprint density at radius 1 is 1.33 bits per heavy atom. The molecule has 0 amide bonds. The van der Waals surface area contributed by atoms with Gasteiger partial charge >= 0.3 is 5.97 Å². The second-order valence-corrected chi connectivity index (χ2v) is 4.23. The van der Waals surface area contributed by atoms with Crippen LogP contribution in [-0.4, -0.2) is 30.8 Å². The van der Waals surface area contributed by atoms with Crippen LogP contribution in [0, 0.1) is 6.92 Å². The number of fused-ring (bicyclic) bond motifs is 1. The number of benzene rings is 1. The number of carboxylic acids is 1. The number of carbonyl (C=O) groups is 1. The van der Waals surface area contributed by atoms with Crippen molar-refractivity contribution in [1.29, 1.82) is 0 Å². The van der Waals surface area contributed by atoms with Crippen LogP contribution >= 0.6 is 0 Å². The van der Waals surface area contributed by atoms with E-state index in [2.05, 4.69) is 5.32 Å². The molecule has 0 fully saturated rings. The van der Waals surface area contributed by atoms with Crippen LogP contribution in [0.15, 0.2) is 12.1 Å². The fourth-order valence-corrected chi connectivity index (χ4v) is 1.84. The third-order valence-corrected chi connectivity index (χ3v) is 2.77. The molecule has 0 aliphatic carbocycles. The molecule has 1 aromatic carbocycles. The quantitative estimate of drug-likeness (QED) is 0.784. The van der Waals surface area contributed by atoms with Gasteiger partial charge in [0, 0.05) is 24.7 Å². The molecule has 0 spiro atoms. The molecule has 0 saturated heterocycles. The molecule has 0 aromatic heterocycles. The Hall–Kier alpha value is -1.91. The average molecular weight is 251 g/mol. The molecule has 0 unspecified atom stereocenters. The van der Waals surface area contributed by atoms with Crippen molar-refractivity contribution in [3.63, 3.8) is 0 Å². The summed E-state index contributed by atoms with van der Waals surface area (Å²) in [6.07, 6.45) is 0.778. The Labute approximate surface area is 106 Å². The van der Waals surface area contributed by atoms with Gasteiger partial charge in [-0.05, 0) is 25.0 Å². The molecule has 2 N–H and O–H groups in total. The zero-order valence-electron chi connectivity index (χ0n) is 10.4. The maximum atomic E-state index is 10.4. The molecule has 0 saturated carbocycles. The Morgan fingerprint density at radius 3 is 2.67 bits per heavy atom. The molecule has 0 bridgehead atoms. The Morgan fingerprint density at radius 2 is 2.00 bits per heavy atom. The summed E-state index contributed by atoms with van der Waals surface area (Å²) >= 11 is 0. The van der Waals surface area contributed by atoms with Crippen molar-refractivity contribution in [2.45, 2.75) is 19.8 Å². The number of aliphatic carboxylic acids is 1. The summed E-state index contributed by atoms with van der Waals surface area (Å²) in [5.41, 5.74) is 2.03. The first kappa shape index (κ1) is 12.5. The van der Waals surface area contributed by atoms with E-state index in [4.69, 9.17) is 14.6 Å². The molecule has 0 radical (unpaired) electrons. The molecule has 0 atom stereocenters. The van der Waals surface area contributed by atoms with Crippen molar-refractivity contribution in [2.24, 2.45) is 0 Å². The Bertz CT molecular complexity index is 445. The van der Waals surface area contributed by atoms with Crippen LogP contribution in [0.25, 0.3) is 0 Å². The molecule has 18 heavy (non-hydrogen) atoms. The molecule has 1 aliphatic rings. The zero-order valence-corrected chi connectivity index (χ0v) is 10.4. The highest BCUT2D eigenvalue weighted by Crippen LogP contribution is 2.35. The van der Waals surface area contributed by atoms with E-state index in [1.807, 2.05) is 19.1 Å². The largest absolute Gasteiger partial charge is 0.486 e. The highest BCUT2D eigenvalue weighted by molar-refractivity contribution is 5.66. The maximum absolute atomic E-state index is 10.4.